The first-order valence-corrected chi connectivity index (χ1v) is 7.76. The van der Waals surface area contributed by atoms with Gasteiger partial charge in [-0.05, 0) is 0 Å². The molecule has 52 valence electrons. The van der Waals surface area contributed by atoms with Gasteiger partial charge in [0.05, 0.1) is 13.6 Å². The van der Waals surface area contributed by atoms with Gasteiger partial charge in [0.25, 0.3) is 0 Å². The van der Waals surface area contributed by atoms with Crippen molar-refractivity contribution in [3.8, 4) is 0 Å². The Morgan fingerprint density at radius 2 is 2.22 bits per heavy atom. The van der Waals surface area contributed by atoms with Crippen LogP contribution in [-0.2, 0) is 0 Å². The van der Waals surface area contributed by atoms with E-state index in [4.69, 9.17) is 0 Å². The summed E-state index contributed by atoms with van der Waals surface area (Å²) in [5.41, 5.74) is 2.00. The average molecular weight is 159 g/mol. The maximum absolute atomic E-state index is 4.20. The molecule has 1 heterocycles. The minimum atomic E-state index is -0.886. The second-order valence-corrected chi connectivity index (χ2v) is 10.4. The minimum absolute atomic E-state index is 0.845. The van der Waals surface area contributed by atoms with Gasteiger partial charge in [-0.25, -0.2) is 0 Å². The fraction of sp³-hybridized carbons (Fsp3) is 0.833. The number of rotatable bonds is 1. The fourth-order valence-electron chi connectivity index (χ4n) is 0.776. The summed E-state index contributed by atoms with van der Waals surface area (Å²) in [6.07, 6.45) is 0. The van der Waals surface area contributed by atoms with E-state index in [1.807, 2.05) is 17.3 Å². The summed E-state index contributed by atoms with van der Waals surface area (Å²) >= 11 is 1.92. The normalized spacial score (nSPS) is 27.2. The molecule has 3 heteroatoms. The van der Waals surface area contributed by atoms with Crippen molar-refractivity contribution in [3.63, 3.8) is 0 Å². The van der Waals surface area contributed by atoms with Crippen molar-refractivity contribution < 1.29 is 0 Å². The zero-order valence-electron chi connectivity index (χ0n) is 6.22. The predicted octanol–water partition coefficient (Wildman–Crippen LogP) is 2.01. The van der Waals surface area contributed by atoms with Gasteiger partial charge >= 0.3 is 0 Å². The van der Waals surface area contributed by atoms with Gasteiger partial charge in [-0.2, -0.15) is 0 Å². The monoisotopic (exact) mass is 159 g/mol. The maximum Gasteiger partial charge on any atom is 0.0616 e. The van der Waals surface area contributed by atoms with E-state index in [9.17, 15) is 0 Å². The Balaban J connectivity index is 2.46. The summed E-state index contributed by atoms with van der Waals surface area (Å²) in [6, 6.07) is 0. The summed E-state index contributed by atoms with van der Waals surface area (Å²) in [4.78, 5) is 5.05. The molecule has 0 aromatic rings. The molecule has 1 unspecified atom stereocenters. The van der Waals surface area contributed by atoms with Crippen LogP contribution >= 0.6 is 11.8 Å². The molecule has 0 aromatic heterocycles. The molecular formula is C6H13NSSi. The molecule has 0 amide bonds. The van der Waals surface area contributed by atoms with Crippen molar-refractivity contribution >= 4 is 25.4 Å². The van der Waals surface area contributed by atoms with Crippen LogP contribution in [0.25, 0.3) is 0 Å². The fourth-order valence-corrected chi connectivity index (χ4v) is 3.74. The molecule has 0 aliphatic carbocycles. The zero-order valence-corrected chi connectivity index (χ0v) is 8.03. The molecule has 9 heavy (non-hydrogen) atoms. The number of hydrogen-bond donors (Lipinski definition) is 0. The molecule has 1 atom stereocenters. The molecule has 1 aliphatic heterocycles. The smallest absolute Gasteiger partial charge is 0.0616 e. The third-order valence-corrected chi connectivity index (χ3v) is 6.93. The quantitative estimate of drug-likeness (QED) is 0.533. The lowest BCUT2D eigenvalue weighted by Crippen LogP contribution is -2.36. The summed E-state index contributed by atoms with van der Waals surface area (Å²) in [7, 11) is -0.886. The van der Waals surface area contributed by atoms with Gasteiger partial charge in [0.1, 0.15) is 0 Å². The van der Waals surface area contributed by atoms with Crippen molar-refractivity contribution in [1.82, 2.24) is 0 Å². The molecule has 0 spiro atoms. The predicted molar refractivity (Wildman–Crippen MR) is 48.1 cm³/mol. The second-order valence-electron chi connectivity index (χ2n) is 3.46. The largest absolute Gasteiger partial charge is 0.285 e. The Morgan fingerprint density at radius 3 is 2.44 bits per heavy atom. The van der Waals surface area contributed by atoms with E-state index in [2.05, 4.69) is 24.6 Å². The van der Waals surface area contributed by atoms with Crippen LogP contribution in [0.15, 0.2) is 4.99 Å². The number of hydrogen-bond acceptors (Lipinski definition) is 2. The van der Waals surface area contributed by atoms with Gasteiger partial charge in [-0.3, -0.25) is 4.99 Å². The Kier molecular flexibility index (Phi) is 2.01. The highest BCUT2D eigenvalue weighted by Gasteiger charge is 2.28. The first-order valence-electron chi connectivity index (χ1n) is 3.24. The molecule has 0 aromatic carbocycles. The van der Waals surface area contributed by atoms with Crippen LogP contribution in [0.4, 0.5) is 0 Å². The topological polar surface area (TPSA) is 12.4 Å². The Bertz CT molecular complexity index is 120. The van der Waals surface area contributed by atoms with Crippen LogP contribution in [0, 0.1) is 0 Å². The number of thioether (sulfide) groups is 1. The molecule has 0 radical (unpaired) electrons. The molecule has 1 nitrogen and oxygen atoms in total. The van der Waals surface area contributed by atoms with Crippen LogP contribution in [0.5, 0.6) is 0 Å². The van der Waals surface area contributed by atoms with Gasteiger partial charge in [0, 0.05) is 11.4 Å². The first-order chi connectivity index (χ1) is 4.11. The SMILES string of the molecule is C[Si](C)(C)C1CN=CS1. The van der Waals surface area contributed by atoms with Crippen molar-refractivity contribution in [3.05, 3.63) is 0 Å². The number of aliphatic imine (C=N–C) groups is 1. The van der Waals surface area contributed by atoms with Crippen LogP contribution in [-0.4, -0.2) is 25.0 Å². The zero-order chi connectivity index (χ0) is 6.91. The second kappa shape index (κ2) is 2.46. The van der Waals surface area contributed by atoms with Crippen molar-refractivity contribution in [1.29, 1.82) is 0 Å². The maximum atomic E-state index is 4.20. The minimum Gasteiger partial charge on any atom is -0.285 e. The summed E-state index contributed by atoms with van der Waals surface area (Å²) in [6.45, 7) is 8.28. The lowest BCUT2D eigenvalue weighted by atomic mass is 10.8. The van der Waals surface area contributed by atoms with Crippen molar-refractivity contribution in [2.75, 3.05) is 6.54 Å². The van der Waals surface area contributed by atoms with E-state index >= 15 is 0 Å². The Morgan fingerprint density at radius 1 is 1.56 bits per heavy atom. The summed E-state index contributed by atoms with van der Waals surface area (Å²) in [5, 5.41) is 0. The van der Waals surface area contributed by atoms with E-state index in [0.717, 1.165) is 11.4 Å². The average Bonchev–Trinajstić information content (AvgIpc) is 2.08. The summed E-state index contributed by atoms with van der Waals surface area (Å²) < 4.78 is 0. The van der Waals surface area contributed by atoms with E-state index in [-0.39, 0.29) is 0 Å². The highest BCUT2D eigenvalue weighted by atomic mass is 32.2. The van der Waals surface area contributed by atoms with Crippen molar-refractivity contribution in [2.24, 2.45) is 4.99 Å². The van der Waals surface area contributed by atoms with Crippen molar-refractivity contribution in [2.45, 2.75) is 24.5 Å². The first kappa shape index (κ1) is 7.35. The van der Waals surface area contributed by atoms with Crippen LogP contribution in [0.3, 0.4) is 0 Å². The summed E-state index contributed by atoms with van der Waals surface area (Å²) in [5.74, 6) is 0. The van der Waals surface area contributed by atoms with Gasteiger partial charge in [0.2, 0.25) is 0 Å². The highest BCUT2D eigenvalue weighted by molar-refractivity contribution is 8.14. The molecular weight excluding hydrogens is 146 g/mol. The molecule has 1 aliphatic rings. The number of nitrogens with zero attached hydrogens (tertiary/aromatic N) is 1. The molecule has 0 N–H and O–H groups in total. The van der Waals surface area contributed by atoms with Gasteiger partial charge in [0.15, 0.2) is 0 Å². The van der Waals surface area contributed by atoms with E-state index in [1.54, 1.807) is 0 Å². The lowest BCUT2D eigenvalue weighted by molar-refractivity contribution is 1.08. The van der Waals surface area contributed by atoms with Gasteiger partial charge in [-0.1, -0.05) is 19.6 Å². The Labute approximate surface area is 62.0 Å². The molecule has 0 fully saturated rings. The van der Waals surface area contributed by atoms with E-state index < -0.39 is 8.07 Å². The molecule has 0 saturated heterocycles. The molecule has 1 rings (SSSR count). The molecule has 0 bridgehead atoms. The van der Waals surface area contributed by atoms with Crippen LogP contribution < -0.4 is 0 Å². The van der Waals surface area contributed by atoms with Gasteiger partial charge in [-0.15, -0.1) is 11.8 Å². The standard InChI is InChI=1S/C6H13NSSi/c1-9(2,3)6-4-7-5-8-6/h5-6H,4H2,1-3H3. The Hall–Kier alpha value is 0.237. The third-order valence-electron chi connectivity index (χ3n) is 1.54. The van der Waals surface area contributed by atoms with E-state index in [1.165, 1.54) is 0 Å². The van der Waals surface area contributed by atoms with E-state index in [0.29, 0.717) is 0 Å². The van der Waals surface area contributed by atoms with Crippen LogP contribution in [0.2, 0.25) is 19.6 Å². The molecule has 0 saturated carbocycles. The van der Waals surface area contributed by atoms with Gasteiger partial charge < -0.3 is 0 Å². The third kappa shape index (κ3) is 1.83. The van der Waals surface area contributed by atoms with Crippen LogP contribution in [0.1, 0.15) is 0 Å². The lowest BCUT2D eigenvalue weighted by Gasteiger charge is -2.21. The highest BCUT2D eigenvalue weighted by Crippen LogP contribution is 2.24.